The number of alkyl halides is 3. The molecule has 1 N–H and O–H groups in total. The maximum absolute atomic E-state index is 13.4. The maximum Gasteiger partial charge on any atom is 0.612 e. The van der Waals surface area contributed by atoms with E-state index in [9.17, 15) is 18.0 Å². The van der Waals surface area contributed by atoms with Crippen LogP contribution in [0.5, 0.6) is 0 Å². The van der Waals surface area contributed by atoms with Crippen LogP contribution in [0.2, 0.25) is 0 Å². The highest BCUT2D eigenvalue weighted by Gasteiger charge is 2.34. The second kappa shape index (κ2) is 10.9. The number of benzene rings is 2. The Labute approximate surface area is 232 Å². The number of carbonyl (C=O) groups excluding carboxylic acids is 1. The number of aliphatic imine (C=N–C) groups is 1. The zero-order valence-electron chi connectivity index (χ0n) is 21.4. The van der Waals surface area contributed by atoms with E-state index in [4.69, 9.17) is 9.15 Å². The smallest absolute Gasteiger partial charge is 0.378 e. The number of nitrogens with zero attached hydrogens (tertiary/aromatic N) is 5. The first-order chi connectivity index (χ1) is 19.9. The summed E-state index contributed by atoms with van der Waals surface area (Å²) < 4.78 is 51.4. The number of morpholine rings is 1. The van der Waals surface area contributed by atoms with E-state index < -0.39 is 23.7 Å². The van der Waals surface area contributed by atoms with E-state index in [1.54, 1.807) is 11.0 Å². The minimum Gasteiger partial charge on any atom is -0.378 e. The molecule has 12 heteroatoms. The minimum absolute atomic E-state index is 0.118. The Bertz CT molecular complexity index is 1690. The second-order valence-corrected chi connectivity index (χ2v) is 9.22. The van der Waals surface area contributed by atoms with Gasteiger partial charge in [-0.2, -0.15) is 13.2 Å². The van der Waals surface area contributed by atoms with E-state index in [0.717, 1.165) is 23.4 Å². The van der Waals surface area contributed by atoms with Gasteiger partial charge >= 0.3 is 12.2 Å². The molecule has 0 radical (unpaired) electrons. The highest BCUT2D eigenvalue weighted by molar-refractivity contribution is 6.20. The Hall–Kier alpha value is -5.02. The Morgan fingerprint density at radius 2 is 1.76 bits per heavy atom. The number of aromatic nitrogens is 2. The average molecular weight is 560 g/mol. The molecule has 4 aromatic rings. The van der Waals surface area contributed by atoms with Gasteiger partial charge in [-0.05, 0) is 12.1 Å². The Balaban J connectivity index is 1.34. The molecule has 0 spiro atoms. The first-order valence-electron chi connectivity index (χ1n) is 12.7. The summed E-state index contributed by atoms with van der Waals surface area (Å²) in [5, 5.41) is 2.86. The summed E-state index contributed by atoms with van der Waals surface area (Å²) in [6.45, 7) is 1.53. The number of oxazole rings is 1. The molecule has 41 heavy (non-hydrogen) atoms. The molecule has 6 rings (SSSR count). The third-order valence-electron chi connectivity index (χ3n) is 6.55. The Kier molecular flexibility index (Phi) is 6.94. The van der Waals surface area contributed by atoms with Gasteiger partial charge in [0, 0.05) is 35.4 Å². The van der Waals surface area contributed by atoms with Crippen LogP contribution < -0.4 is 10.2 Å². The molecule has 1 saturated heterocycles. The molecular weight excluding hydrogens is 537 g/mol. The summed E-state index contributed by atoms with van der Waals surface area (Å²) >= 11 is 0. The van der Waals surface area contributed by atoms with Crippen LogP contribution in [0.1, 0.15) is 16.7 Å². The standard InChI is InChI=1S/C29H21F3N6O3/c30-29(31,32)19-14-23(38-10-12-40-13-11-38)26(33-15-19)24-17-35-28(41-24)34-16-22-27(39)37-21-9-5-4-8-20(21)25(36-22)18-6-2-1-3-7-18/h1-9,14-15,17,22H,10-13H2/p+1. The van der Waals surface area contributed by atoms with Crippen LogP contribution in [0.25, 0.3) is 16.3 Å². The number of hydrogen-bond acceptors (Lipinski definition) is 7. The van der Waals surface area contributed by atoms with E-state index in [2.05, 4.69) is 31.2 Å². The molecule has 2 aliphatic heterocycles. The number of pyridine rings is 1. The molecule has 2 aromatic heterocycles. The Morgan fingerprint density at radius 1 is 1.00 bits per heavy atom. The van der Waals surface area contributed by atoms with E-state index >= 15 is 0 Å². The van der Waals surface area contributed by atoms with Crippen LogP contribution in [0.4, 0.5) is 30.6 Å². The highest BCUT2D eigenvalue weighted by Crippen LogP contribution is 2.37. The van der Waals surface area contributed by atoms with Crippen molar-refractivity contribution < 1.29 is 27.1 Å². The van der Waals surface area contributed by atoms with Crippen molar-refractivity contribution in [2.24, 2.45) is 4.99 Å². The van der Waals surface area contributed by atoms with Crippen molar-refractivity contribution in [3.8, 4) is 17.5 Å². The van der Waals surface area contributed by atoms with Crippen molar-refractivity contribution in [1.82, 2.24) is 9.97 Å². The molecular formula is C29H22F3N6O3+. The second-order valence-electron chi connectivity index (χ2n) is 9.22. The van der Waals surface area contributed by atoms with Crippen LogP contribution in [0, 0.1) is 6.07 Å². The van der Waals surface area contributed by atoms with Crippen LogP contribution >= 0.6 is 0 Å². The van der Waals surface area contributed by atoms with Gasteiger partial charge in [-0.15, -0.1) is 4.85 Å². The lowest BCUT2D eigenvalue weighted by Crippen LogP contribution is -2.36. The summed E-state index contributed by atoms with van der Waals surface area (Å²) in [5.41, 5.74) is 2.31. The van der Waals surface area contributed by atoms with E-state index in [1.807, 2.05) is 48.5 Å². The number of fused-ring (bicyclic) bond motifs is 1. The number of para-hydroxylation sites is 1. The summed E-state index contributed by atoms with van der Waals surface area (Å²) in [4.78, 5) is 31.7. The van der Waals surface area contributed by atoms with Gasteiger partial charge in [0.15, 0.2) is 12.3 Å². The van der Waals surface area contributed by atoms with Gasteiger partial charge in [-0.25, -0.2) is 4.98 Å². The van der Waals surface area contributed by atoms with Gasteiger partial charge in [0.25, 0.3) is 5.91 Å². The topological polar surface area (TPSA) is 97.2 Å². The lowest BCUT2D eigenvalue weighted by atomic mass is 10.0. The third kappa shape index (κ3) is 5.53. The van der Waals surface area contributed by atoms with Crippen molar-refractivity contribution in [3.63, 3.8) is 0 Å². The Morgan fingerprint density at radius 3 is 2.54 bits per heavy atom. The molecule has 2 aromatic carbocycles. The summed E-state index contributed by atoms with van der Waals surface area (Å²) in [5.74, 6) is -0.329. The number of carbonyl (C=O) groups is 1. The predicted octanol–water partition coefficient (Wildman–Crippen LogP) is 5.41. The van der Waals surface area contributed by atoms with Crippen molar-refractivity contribution in [3.05, 3.63) is 94.6 Å². The van der Waals surface area contributed by atoms with Crippen molar-refractivity contribution >= 4 is 29.0 Å². The zero-order valence-corrected chi connectivity index (χ0v) is 21.4. The highest BCUT2D eigenvalue weighted by atomic mass is 19.4. The largest absolute Gasteiger partial charge is 0.612 e. The quantitative estimate of drug-likeness (QED) is 0.360. The monoisotopic (exact) mass is 559 g/mol. The number of rotatable bonds is 3. The van der Waals surface area contributed by atoms with Gasteiger partial charge in [0.1, 0.15) is 5.69 Å². The summed E-state index contributed by atoms with van der Waals surface area (Å²) in [7, 11) is 0. The fourth-order valence-electron chi connectivity index (χ4n) is 4.56. The van der Waals surface area contributed by atoms with E-state index in [0.29, 0.717) is 37.7 Å². The minimum atomic E-state index is -4.56. The third-order valence-corrected chi connectivity index (χ3v) is 6.55. The first kappa shape index (κ1) is 26.2. The molecule has 2 aliphatic rings. The van der Waals surface area contributed by atoms with Crippen molar-refractivity contribution in [2.45, 2.75) is 12.2 Å². The number of ether oxygens (including phenoxy) is 1. The molecule has 9 nitrogen and oxygen atoms in total. The lowest BCUT2D eigenvalue weighted by Gasteiger charge is -2.30. The maximum atomic E-state index is 13.4. The number of halogens is 3. The lowest BCUT2D eigenvalue weighted by molar-refractivity contribution is -0.137. The number of benzodiazepines with no additional fused rings is 1. The molecule has 0 bridgehead atoms. The fraction of sp³-hybridized carbons (Fsp3) is 0.207. The van der Waals surface area contributed by atoms with Gasteiger partial charge in [0.05, 0.1) is 35.9 Å². The average Bonchev–Trinajstić information content (AvgIpc) is 3.41. The molecule has 1 unspecified atom stereocenters. The molecule has 1 atom stereocenters. The van der Waals surface area contributed by atoms with Gasteiger partial charge in [-0.1, -0.05) is 48.5 Å². The molecule has 206 valence electrons. The number of nitrogens with one attached hydrogen (secondary N) is 1. The van der Waals surface area contributed by atoms with Crippen LogP contribution in [0.15, 0.2) is 82.5 Å². The number of amides is 1. The molecule has 0 aliphatic carbocycles. The molecule has 1 amide bonds. The normalized spacial score (nSPS) is 17.0. The number of anilines is 2. The molecule has 4 heterocycles. The van der Waals surface area contributed by atoms with Gasteiger partial charge in [0.2, 0.25) is 11.8 Å². The van der Waals surface area contributed by atoms with Crippen LogP contribution in [-0.4, -0.2) is 53.9 Å². The van der Waals surface area contributed by atoms with Crippen molar-refractivity contribution in [2.75, 3.05) is 36.5 Å². The van der Waals surface area contributed by atoms with E-state index in [-0.39, 0.29) is 23.2 Å². The van der Waals surface area contributed by atoms with E-state index in [1.165, 1.54) is 6.20 Å². The van der Waals surface area contributed by atoms with Crippen LogP contribution in [0.3, 0.4) is 0 Å². The van der Waals surface area contributed by atoms with Gasteiger partial charge in [-0.3, -0.25) is 9.79 Å². The summed E-state index contributed by atoms with van der Waals surface area (Å²) in [6.07, 6.45) is -2.48. The van der Waals surface area contributed by atoms with Gasteiger partial charge < -0.3 is 19.4 Å². The van der Waals surface area contributed by atoms with Crippen molar-refractivity contribution in [1.29, 1.82) is 0 Å². The molecule has 0 saturated carbocycles. The molecule has 1 fully saturated rings. The predicted molar refractivity (Wildman–Crippen MR) is 146 cm³/mol. The summed E-state index contributed by atoms with van der Waals surface area (Å²) in [6, 6.07) is 19.2. The zero-order chi connectivity index (χ0) is 28.4. The fourth-order valence-corrected chi connectivity index (χ4v) is 4.56. The SMILES string of the molecule is O=C1Nc2ccccc2C(c2ccccc2)=NC1C#[N+]c1ncc(-c2ncc(C(F)(F)F)cc2N2CCOCC2)o1. The number of hydrogen-bond donors (Lipinski definition) is 1. The first-order valence-corrected chi connectivity index (χ1v) is 12.7. The van der Waals surface area contributed by atoms with Crippen LogP contribution in [-0.2, 0) is 15.7 Å².